The number of aromatic nitrogens is 1. The fourth-order valence-electron chi connectivity index (χ4n) is 2.89. The molecule has 1 aromatic heterocycles. The van der Waals surface area contributed by atoms with Crippen LogP contribution in [0.5, 0.6) is 0 Å². The molecule has 3 nitrogen and oxygen atoms in total. The molecule has 0 radical (unpaired) electrons. The zero-order chi connectivity index (χ0) is 13.0. The number of nitrogens with two attached hydrogens (primary N) is 1. The Hall–Kier alpha value is -1.09. The molecule has 0 spiro atoms. The molecule has 18 heavy (non-hydrogen) atoms. The molecule has 1 unspecified atom stereocenters. The lowest BCUT2D eigenvalue weighted by atomic mass is 9.98. The highest BCUT2D eigenvalue weighted by atomic mass is 15.2. The van der Waals surface area contributed by atoms with Crippen molar-refractivity contribution < 1.29 is 0 Å². The van der Waals surface area contributed by atoms with Crippen molar-refractivity contribution in [2.45, 2.75) is 58.5 Å². The Morgan fingerprint density at radius 3 is 2.89 bits per heavy atom. The van der Waals surface area contributed by atoms with Gasteiger partial charge in [0.15, 0.2) is 0 Å². The van der Waals surface area contributed by atoms with Crippen LogP contribution in [0.2, 0.25) is 0 Å². The summed E-state index contributed by atoms with van der Waals surface area (Å²) in [6.07, 6.45) is 6.49. The summed E-state index contributed by atoms with van der Waals surface area (Å²) >= 11 is 0. The molecule has 1 saturated heterocycles. The molecule has 2 rings (SSSR count). The number of hydrogen-bond donors (Lipinski definition) is 1. The monoisotopic (exact) mass is 247 g/mol. The van der Waals surface area contributed by atoms with Crippen LogP contribution in [0.15, 0.2) is 12.1 Å². The van der Waals surface area contributed by atoms with Crippen molar-refractivity contribution in [3.8, 4) is 0 Å². The van der Waals surface area contributed by atoms with E-state index in [-0.39, 0.29) is 0 Å². The van der Waals surface area contributed by atoms with Gasteiger partial charge in [-0.15, -0.1) is 0 Å². The maximum absolute atomic E-state index is 5.70. The Bertz CT molecular complexity index is 387. The Morgan fingerprint density at radius 2 is 2.22 bits per heavy atom. The number of aryl methyl sites for hydroxylation is 1. The van der Waals surface area contributed by atoms with Gasteiger partial charge in [0.05, 0.1) is 0 Å². The second kappa shape index (κ2) is 6.19. The summed E-state index contributed by atoms with van der Waals surface area (Å²) in [5.74, 6) is 1.14. The number of hydrogen-bond acceptors (Lipinski definition) is 3. The van der Waals surface area contributed by atoms with Crippen molar-refractivity contribution in [2.24, 2.45) is 5.73 Å². The van der Waals surface area contributed by atoms with Crippen molar-refractivity contribution in [3.05, 3.63) is 23.4 Å². The largest absolute Gasteiger partial charge is 0.354 e. The third kappa shape index (κ3) is 2.83. The van der Waals surface area contributed by atoms with Crippen molar-refractivity contribution in [1.82, 2.24) is 4.98 Å². The summed E-state index contributed by atoms with van der Waals surface area (Å²) in [4.78, 5) is 7.25. The van der Waals surface area contributed by atoms with E-state index in [0.717, 1.165) is 23.6 Å². The summed E-state index contributed by atoms with van der Waals surface area (Å²) < 4.78 is 0. The maximum Gasteiger partial charge on any atom is 0.129 e. The Kier molecular flexibility index (Phi) is 4.59. The molecule has 1 aliphatic heterocycles. The molecule has 2 N–H and O–H groups in total. The normalized spacial score (nSPS) is 20.2. The quantitative estimate of drug-likeness (QED) is 0.889. The molecule has 0 saturated carbocycles. The highest BCUT2D eigenvalue weighted by Crippen LogP contribution is 2.26. The lowest BCUT2D eigenvalue weighted by Gasteiger charge is -2.37. The summed E-state index contributed by atoms with van der Waals surface area (Å²) in [6.45, 7) is 6.06. The molecule has 1 aliphatic rings. The summed E-state index contributed by atoms with van der Waals surface area (Å²) in [5.41, 5.74) is 7.94. The first-order valence-electron chi connectivity index (χ1n) is 7.19. The predicted molar refractivity (Wildman–Crippen MR) is 76.8 cm³/mol. The van der Waals surface area contributed by atoms with Crippen LogP contribution in [0.1, 0.15) is 50.3 Å². The lowest BCUT2D eigenvalue weighted by molar-refractivity contribution is 0.431. The minimum absolute atomic E-state index is 0.581. The van der Waals surface area contributed by atoms with Crippen molar-refractivity contribution in [3.63, 3.8) is 0 Å². The minimum Gasteiger partial charge on any atom is -0.354 e. The summed E-state index contributed by atoms with van der Waals surface area (Å²) in [7, 11) is 0. The molecule has 1 fully saturated rings. The van der Waals surface area contributed by atoms with Crippen molar-refractivity contribution in [2.75, 3.05) is 11.4 Å². The summed E-state index contributed by atoms with van der Waals surface area (Å²) in [6, 6.07) is 4.96. The molecule has 1 aromatic rings. The molecular weight excluding hydrogens is 222 g/mol. The van der Waals surface area contributed by atoms with E-state index in [4.69, 9.17) is 10.7 Å². The van der Waals surface area contributed by atoms with Gasteiger partial charge >= 0.3 is 0 Å². The number of rotatable bonds is 4. The second-order valence-electron chi connectivity index (χ2n) is 5.25. The van der Waals surface area contributed by atoms with E-state index in [2.05, 4.69) is 30.9 Å². The smallest absolute Gasteiger partial charge is 0.129 e. The molecule has 3 heteroatoms. The highest BCUT2D eigenvalue weighted by Gasteiger charge is 2.22. The van der Waals surface area contributed by atoms with Crippen molar-refractivity contribution in [1.29, 1.82) is 0 Å². The van der Waals surface area contributed by atoms with Gasteiger partial charge in [0.2, 0.25) is 0 Å². The van der Waals surface area contributed by atoms with Gasteiger partial charge in [-0.3, -0.25) is 0 Å². The van der Waals surface area contributed by atoms with Gasteiger partial charge in [-0.2, -0.15) is 0 Å². The van der Waals surface area contributed by atoms with E-state index in [1.807, 2.05) is 0 Å². The molecule has 0 bridgehead atoms. The van der Waals surface area contributed by atoms with E-state index in [1.165, 1.54) is 32.1 Å². The van der Waals surface area contributed by atoms with Crippen LogP contribution in [-0.2, 0) is 6.54 Å². The summed E-state index contributed by atoms with van der Waals surface area (Å²) in [5, 5.41) is 0. The van der Waals surface area contributed by atoms with Crippen LogP contribution in [0.4, 0.5) is 5.82 Å². The molecule has 0 amide bonds. The minimum atomic E-state index is 0.581. The first-order valence-corrected chi connectivity index (χ1v) is 7.19. The Labute approximate surface area is 110 Å². The topological polar surface area (TPSA) is 42.1 Å². The van der Waals surface area contributed by atoms with Crippen LogP contribution >= 0.6 is 0 Å². The second-order valence-corrected chi connectivity index (χ2v) is 5.25. The third-order valence-electron chi connectivity index (χ3n) is 3.94. The first kappa shape index (κ1) is 13.3. The van der Waals surface area contributed by atoms with E-state index in [1.54, 1.807) is 0 Å². The van der Waals surface area contributed by atoms with Crippen LogP contribution < -0.4 is 10.6 Å². The number of pyridine rings is 1. The SMILES string of the molecule is CCCC1CCCCN1c1ccc(CN)c(C)n1. The molecule has 0 aliphatic carbocycles. The van der Waals surface area contributed by atoms with Crippen LogP contribution in [-0.4, -0.2) is 17.6 Å². The standard InChI is InChI=1S/C15H25N3/c1-3-6-14-7-4-5-10-18(14)15-9-8-13(11-16)12(2)17-15/h8-9,14H,3-7,10-11,16H2,1-2H3. The van der Waals surface area contributed by atoms with E-state index in [9.17, 15) is 0 Å². The van der Waals surface area contributed by atoms with Crippen LogP contribution in [0.3, 0.4) is 0 Å². The first-order chi connectivity index (χ1) is 8.76. The molecule has 2 heterocycles. The number of anilines is 1. The zero-order valence-corrected chi connectivity index (χ0v) is 11.7. The van der Waals surface area contributed by atoms with Crippen molar-refractivity contribution >= 4 is 5.82 Å². The predicted octanol–water partition coefficient (Wildman–Crippen LogP) is 3.01. The van der Waals surface area contributed by atoms with Gasteiger partial charge in [0.1, 0.15) is 5.82 Å². The van der Waals surface area contributed by atoms with Gasteiger partial charge in [-0.05, 0) is 44.2 Å². The average Bonchev–Trinajstić information content (AvgIpc) is 2.40. The number of piperidine rings is 1. The van der Waals surface area contributed by atoms with E-state index in [0.29, 0.717) is 12.6 Å². The van der Waals surface area contributed by atoms with Gasteiger partial charge < -0.3 is 10.6 Å². The van der Waals surface area contributed by atoms with E-state index >= 15 is 0 Å². The third-order valence-corrected chi connectivity index (χ3v) is 3.94. The average molecular weight is 247 g/mol. The molecule has 100 valence electrons. The lowest BCUT2D eigenvalue weighted by Crippen LogP contribution is -2.40. The fraction of sp³-hybridized carbons (Fsp3) is 0.667. The van der Waals surface area contributed by atoms with Gasteiger partial charge in [-0.1, -0.05) is 19.4 Å². The van der Waals surface area contributed by atoms with Gasteiger partial charge in [0, 0.05) is 24.8 Å². The van der Waals surface area contributed by atoms with E-state index < -0.39 is 0 Å². The van der Waals surface area contributed by atoms with Crippen LogP contribution in [0.25, 0.3) is 0 Å². The molecule has 0 aromatic carbocycles. The molecule has 1 atom stereocenters. The Balaban J connectivity index is 2.19. The van der Waals surface area contributed by atoms with Crippen LogP contribution in [0, 0.1) is 6.92 Å². The Morgan fingerprint density at radius 1 is 1.39 bits per heavy atom. The van der Waals surface area contributed by atoms with Gasteiger partial charge in [0.25, 0.3) is 0 Å². The maximum atomic E-state index is 5.70. The van der Waals surface area contributed by atoms with Gasteiger partial charge in [-0.25, -0.2) is 4.98 Å². The zero-order valence-electron chi connectivity index (χ0n) is 11.7. The number of nitrogens with zero attached hydrogens (tertiary/aromatic N) is 2. The fourth-order valence-corrected chi connectivity index (χ4v) is 2.89. The molecular formula is C15H25N3. The highest BCUT2D eigenvalue weighted by molar-refractivity contribution is 5.43.